The molecule has 2 atom stereocenters. The minimum Gasteiger partial charge on any atom is -0.465 e. The van der Waals surface area contributed by atoms with Gasteiger partial charge in [0.1, 0.15) is 0 Å². The molecule has 3 nitrogen and oxygen atoms in total. The van der Waals surface area contributed by atoms with Crippen molar-refractivity contribution >= 4 is 5.97 Å². The number of carbonyl (C=O) groups is 1. The minimum atomic E-state index is -0.421. The predicted octanol–water partition coefficient (Wildman–Crippen LogP) is 1.22. The fraction of sp³-hybridized carbons (Fsp3) is 0.889. The lowest BCUT2D eigenvalue weighted by molar-refractivity contribution is -0.156. The maximum atomic E-state index is 11.5. The van der Waals surface area contributed by atoms with Crippen molar-refractivity contribution in [3.05, 3.63) is 0 Å². The molecule has 1 aliphatic heterocycles. The number of hydrogen-bond donors (Lipinski definition) is 0. The van der Waals surface area contributed by atoms with E-state index < -0.39 is 5.41 Å². The van der Waals surface area contributed by atoms with Crippen LogP contribution in [0.5, 0.6) is 0 Å². The van der Waals surface area contributed by atoms with Crippen LogP contribution in [0.3, 0.4) is 0 Å². The largest absolute Gasteiger partial charge is 0.465 e. The van der Waals surface area contributed by atoms with Crippen LogP contribution in [0, 0.1) is 11.3 Å². The van der Waals surface area contributed by atoms with E-state index in [-0.39, 0.29) is 11.9 Å². The fourth-order valence-electron chi connectivity index (χ4n) is 1.33. The fourth-order valence-corrected chi connectivity index (χ4v) is 1.33. The van der Waals surface area contributed by atoms with Crippen LogP contribution in [0.1, 0.15) is 20.8 Å². The van der Waals surface area contributed by atoms with Gasteiger partial charge in [-0.25, -0.2) is 0 Å². The molecule has 0 saturated carbocycles. The van der Waals surface area contributed by atoms with Crippen molar-refractivity contribution in [3.8, 4) is 0 Å². The van der Waals surface area contributed by atoms with Gasteiger partial charge in [0.2, 0.25) is 0 Å². The first-order chi connectivity index (χ1) is 5.61. The summed E-state index contributed by atoms with van der Waals surface area (Å²) in [7, 11) is 0. The lowest BCUT2D eigenvalue weighted by Gasteiger charge is -2.23. The van der Waals surface area contributed by atoms with Crippen LogP contribution in [-0.4, -0.2) is 25.8 Å². The second-order valence-corrected chi connectivity index (χ2v) is 3.55. The molecule has 12 heavy (non-hydrogen) atoms. The van der Waals surface area contributed by atoms with Gasteiger partial charge in [0.05, 0.1) is 25.2 Å². The summed E-state index contributed by atoms with van der Waals surface area (Å²) in [4.78, 5) is 11.5. The van der Waals surface area contributed by atoms with Gasteiger partial charge >= 0.3 is 5.97 Å². The Hall–Kier alpha value is -0.570. The van der Waals surface area contributed by atoms with Gasteiger partial charge in [0.15, 0.2) is 0 Å². The topological polar surface area (TPSA) is 35.5 Å². The number of ether oxygens (including phenoxy) is 2. The molecule has 2 unspecified atom stereocenters. The van der Waals surface area contributed by atoms with Crippen molar-refractivity contribution in [1.29, 1.82) is 0 Å². The molecule has 1 heterocycles. The van der Waals surface area contributed by atoms with E-state index in [1.54, 1.807) is 0 Å². The number of rotatable bonds is 2. The molecule has 0 N–H and O–H groups in total. The molecule has 1 aliphatic rings. The van der Waals surface area contributed by atoms with E-state index in [2.05, 4.69) is 0 Å². The standard InChI is InChI=1S/C9H16O3/c1-4-12-8(10)9(3)6-11-5-7(9)2/h7H,4-6H2,1-3H3. The summed E-state index contributed by atoms with van der Waals surface area (Å²) in [5.74, 6) is 0.131. The monoisotopic (exact) mass is 172 g/mol. The van der Waals surface area contributed by atoms with Crippen LogP contribution in [0.15, 0.2) is 0 Å². The first-order valence-electron chi connectivity index (χ1n) is 4.36. The molecule has 0 aromatic heterocycles. The summed E-state index contributed by atoms with van der Waals surface area (Å²) in [5, 5.41) is 0. The zero-order valence-electron chi connectivity index (χ0n) is 7.92. The Morgan fingerprint density at radius 3 is 2.83 bits per heavy atom. The summed E-state index contributed by atoms with van der Waals surface area (Å²) in [6.45, 7) is 7.35. The van der Waals surface area contributed by atoms with Gasteiger partial charge < -0.3 is 9.47 Å². The van der Waals surface area contributed by atoms with Crippen molar-refractivity contribution in [2.45, 2.75) is 20.8 Å². The zero-order valence-corrected chi connectivity index (χ0v) is 7.92. The van der Waals surface area contributed by atoms with Crippen molar-refractivity contribution in [2.24, 2.45) is 11.3 Å². The lowest BCUT2D eigenvalue weighted by atomic mass is 9.81. The van der Waals surface area contributed by atoms with Crippen molar-refractivity contribution in [2.75, 3.05) is 19.8 Å². The molecular weight excluding hydrogens is 156 g/mol. The van der Waals surface area contributed by atoms with Crippen LogP contribution < -0.4 is 0 Å². The number of carbonyl (C=O) groups excluding carboxylic acids is 1. The lowest BCUT2D eigenvalue weighted by Crippen LogP contribution is -2.35. The average Bonchev–Trinajstić information content (AvgIpc) is 2.34. The quantitative estimate of drug-likeness (QED) is 0.587. The second-order valence-electron chi connectivity index (χ2n) is 3.55. The molecule has 0 aliphatic carbocycles. The Morgan fingerprint density at radius 1 is 1.75 bits per heavy atom. The molecule has 1 fully saturated rings. The average molecular weight is 172 g/mol. The molecule has 0 aromatic rings. The molecular formula is C9H16O3. The Balaban J connectivity index is 2.63. The Bertz CT molecular complexity index is 179. The van der Waals surface area contributed by atoms with E-state index >= 15 is 0 Å². The summed E-state index contributed by atoms with van der Waals surface area (Å²) in [6, 6.07) is 0. The van der Waals surface area contributed by atoms with E-state index in [1.165, 1.54) is 0 Å². The molecule has 1 rings (SSSR count). The van der Waals surface area contributed by atoms with Crippen LogP contribution in [-0.2, 0) is 14.3 Å². The van der Waals surface area contributed by atoms with E-state index in [0.29, 0.717) is 19.8 Å². The van der Waals surface area contributed by atoms with Crippen molar-refractivity contribution in [1.82, 2.24) is 0 Å². The molecule has 0 amide bonds. The molecule has 0 radical (unpaired) electrons. The van der Waals surface area contributed by atoms with Crippen molar-refractivity contribution < 1.29 is 14.3 Å². The highest BCUT2D eigenvalue weighted by molar-refractivity contribution is 5.77. The van der Waals surface area contributed by atoms with Crippen LogP contribution in [0.25, 0.3) is 0 Å². The van der Waals surface area contributed by atoms with Gasteiger partial charge in [-0.1, -0.05) is 6.92 Å². The van der Waals surface area contributed by atoms with Gasteiger partial charge in [0.25, 0.3) is 0 Å². The number of hydrogen-bond acceptors (Lipinski definition) is 3. The Labute approximate surface area is 73.0 Å². The predicted molar refractivity (Wildman–Crippen MR) is 44.7 cm³/mol. The first kappa shape index (κ1) is 9.52. The zero-order chi connectivity index (χ0) is 9.19. The molecule has 0 spiro atoms. The second kappa shape index (κ2) is 3.44. The third-order valence-electron chi connectivity index (χ3n) is 2.60. The van der Waals surface area contributed by atoms with E-state index in [1.807, 2.05) is 20.8 Å². The molecule has 0 bridgehead atoms. The third kappa shape index (κ3) is 1.46. The normalized spacial score (nSPS) is 35.1. The van der Waals surface area contributed by atoms with Gasteiger partial charge in [-0.2, -0.15) is 0 Å². The SMILES string of the molecule is CCOC(=O)C1(C)COCC1C. The van der Waals surface area contributed by atoms with Crippen molar-refractivity contribution in [3.63, 3.8) is 0 Å². The van der Waals surface area contributed by atoms with Crippen LogP contribution in [0.2, 0.25) is 0 Å². The smallest absolute Gasteiger partial charge is 0.314 e. The molecule has 3 heteroatoms. The third-order valence-corrected chi connectivity index (χ3v) is 2.60. The minimum absolute atomic E-state index is 0.130. The summed E-state index contributed by atoms with van der Waals surface area (Å²) in [6.07, 6.45) is 0. The highest BCUT2D eigenvalue weighted by Crippen LogP contribution is 2.34. The highest BCUT2D eigenvalue weighted by atomic mass is 16.5. The van der Waals surface area contributed by atoms with E-state index in [9.17, 15) is 4.79 Å². The van der Waals surface area contributed by atoms with Gasteiger partial charge in [-0.15, -0.1) is 0 Å². The summed E-state index contributed by atoms with van der Waals surface area (Å²) >= 11 is 0. The summed E-state index contributed by atoms with van der Waals surface area (Å²) in [5.41, 5.74) is -0.421. The number of esters is 1. The Kier molecular flexibility index (Phi) is 2.73. The van der Waals surface area contributed by atoms with E-state index in [4.69, 9.17) is 9.47 Å². The van der Waals surface area contributed by atoms with Gasteiger partial charge in [-0.05, 0) is 19.8 Å². The molecule has 70 valence electrons. The highest BCUT2D eigenvalue weighted by Gasteiger charge is 2.44. The van der Waals surface area contributed by atoms with Gasteiger partial charge in [0, 0.05) is 0 Å². The van der Waals surface area contributed by atoms with E-state index in [0.717, 1.165) is 0 Å². The molecule has 1 saturated heterocycles. The summed E-state index contributed by atoms with van der Waals surface area (Å²) < 4.78 is 10.2. The maximum Gasteiger partial charge on any atom is 0.314 e. The van der Waals surface area contributed by atoms with Gasteiger partial charge in [-0.3, -0.25) is 4.79 Å². The first-order valence-corrected chi connectivity index (χ1v) is 4.36. The Morgan fingerprint density at radius 2 is 2.42 bits per heavy atom. The van der Waals surface area contributed by atoms with Crippen LogP contribution >= 0.6 is 0 Å². The maximum absolute atomic E-state index is 11.5. The van der Waals surface area contributed by atoms with Crippen LogP contribution in [0.4, 0.5) is 0 Å². The molecule has 0 aromatic carbocycles.